The summed E-state index contributed by atoms with van der Waals surface area (Å²) in [6.07, 6.45) is -1.54. The second-order valence-electron chi connectivity index (χ2n) is 5.70. The number of halogens is 3. The predicted octanol–water partition coefficient (Wildman–Crippen LogP) is 2.46. The van der Waals surface area contributed by atoms with Crippen molar-refractivity contribution in [2.24, 2.45) is 0 Å². The van der Waals surface area contributed by atoms with Gasteiger partial charge in [-0.1, -0.05) is 59.1 Å². The van der Waals surface area contributed by atoms with E-state index in [2.05, 4.69) is 4.74 Å². The molecule has 0 aromatic heterocycles. The highest BCUT2D eigenvalue weighted by molar-refractivity contribution is 6.67. The minimum atomic E-state index is -2.13. The molecule has 7 nitrogen and oxygen atoms in total. The highest BCUT2D eigenvalue weighted by Crippen LogP contribution is 2.52. The van der Waals surface area contributed by atoms with Crippen LogP contribution in [-0.4, -0.2) is 54.2 Å². The van der Waals surface area contributed by atoms with Gasteiger partial charge in [0.05, 0.1) is 26.4 Å². The number of fused-ring (bicyclic) bond motifs is 3. The van der Waals surface area contributed by atoms with Crippen LogP contribution in [0.3, 0.4) is 0 Å². The number of hydrogen-bond acceptors (Lipinski definition) is 7. The van der Waals surface area contributed by atoms with Crippen LogP contribution >= 0.6 is 34.8 Å². The van der Waals surface area contributed by atoms with Gasteiger partial charge >= 0.3 is 11.9 Å². The molecule has 10 heteroatoms. The van der Waals surface area contributed by atoms with E-state index in [1.807, 2.05) is 0 Å². The molecule has 0 fully saturated rings. The molecule has 0 N–H and O–H groups in total. The van der Waals surface area contributed by atoms with E-state index in [1.165, 1.54) is 6.07 Å². The molecule has 1 aliphatic heterocycles. The number of hydrogen-bond donors (Lipinski definition) is 0. The molecule has 1 aromatic rings. The normalized spacial score (nSPS) is 23.9. The Bertz CT molecular complexity index is 858. The van der Waals surface area contributed by atoms with Crippen molar-refractivity contribution in [3.05, 3.63) is 41.0 Å². The molecule has 0 amide bonds. The van der Waals surface area contributed by atoms with Crippen LogP contribution < -0.4 is 0 Å². The molecule has 0 saturated heterocycles. The van der Waals surface area contributed by atoms with Crippen molar-refractivity contribution >= 4 is 58.1 Å². The summed E-state index contributed by atoms with van der Waals surface area (Å²) in [6.45, 7) is -0.538. The fraction of sp³-hybridized carbons (Fsp3) is 0.353. The van der Waals surface area contributed by atoms with Gasteiger partial charge < -0.3 is 18.9 Å². The highest BCUT2D eigenvalue weighted by atomic mass is 35.6. The van der Waals surface area contributed by atoms with E-state index in [4.69, 9.17) is 49.0 Å². The van der Waals surface area contributed by atoms with E-state index < -0.39 is 40.0 Å². The Kier molecular flexibility index (Phi) is 5.26. The van der Waals surface area contributed by atoms with Crippen LogP contribution in [0.25, 0.3) is 5.57 Å². The van der Waals surface area contributed by atoms with E-state index in [1.54, 1.807) is 18.2 Å². The van der Waals surface area contributed by atoms with Gasteiger partial charge in [-0.2, -0.15) is 0 Å². The molecule has 1 heterocycles. The molecule has 2 aliphatic rings. The van der Waals surface area contributed by atoms with E-state index in [0.29, 0.717) is 5.56 Å². The monoisotopic (exact) mass is 434 g/mol. The van der Waals surface area contributed by atoms with Gasteiger partial charge in [0.25, 0.3) is 5.79 Å². The number of Topliss-reactive ketones (excluding diaryl/α,β-unsaturated/α-hetero) is 1. The Morgan fingerprint density at radius 3 is 2.33 bits per heavy atom. The summed E-state index contributed by atoms with van der Waals surface area (Å²) in [5.41, 5.74) is 0.437. The topological polar surface area (TPSA) is 88.1 Å². The summed E-state index contributed by atoms with van der Waals surface area (Å²) in [5.74, 6) is -4.53. The number of esters is 2. The molecule has 0 spiro atoms. The number of benzene rings is 1. The lowest BCUT2D eigenvalue weighted by molar-refractivity contribution is -0.187. The lowest BCUT2D eigenvalue weighted by atomic mass is 9.98. The van der Waals surface area contributed by atoms with Gasteiger partial charge in [0.15, 0.2) is 6.10 Å². The van der Waals surface area contributed by atoms with Crippen molar-refractivity contribution in [3.63, 3.8) is 0 Å². The number of carbonyl (C=O) groups is 3. The Labute approximate surface area is 169 Å². The van der Waals surface area contributed by atoms with Crippen LogP contribution in [-0.2, 0) is 28.5 Å². The fourth-order valence-electron chi connectivity index (χ4n) is 3.11. The number of methoxy groups -OCH3 is 2. The first kappa shape index (κ1) is 20.1. The summed E-state index contributed by atoms with van der Waals surface area (Å²) in [4.78, 5) is 37.8. The third-order valence-corrected chi connectivity index (χ3v) is 4.47. The van der Waals surface area contributed by atoms with Crippen LogP contribution in [0.4, 0.5) is 0 Å². The third-order valence-electron chi connectivity index (χ3n) is 4.14. The van der Waals surface area contributed by atoms with Crippen molar-refractivity contribution in [3.8, 4) is 0 Å². The zero-order valence-electron chi connectivity index (χ0n) is 14.1. The Morgan fingerprint density at radius 2 is 1.78 bits per heavy atom. The van der Waals surface area contributed by atoms with E-state index in [-0.39, 0.29) is 16.7 Å². The van der Waals surface area contributed by atoms with Crippen molar-refractivity contribution in [2.75, 3.05) is 20.8 Å². The summed E-state index contributed by atoms with van der Waals surface area (Å²) in [5, 5.41) is 0. The van der Waals surface area contributed by atoms with Gasteiger partial charge in [-0.15, -0.1) is 0 Å². The molecular weight excluding hydrogens is 423 g/mol. The zero-order chi connectivity index (χ0) is 20.0. The molecular formula is C17H13Cl3O7. The van der Waals surface area contributed by atoms with Gasteiger partial charge in [0.2, 0.25) is 9.58 Å². The predicted molar refractivity (Wildman–Crippen MR) is 95.6 cm³/mol. The SMILES string of the molecule is COC(=O)C1=C2c3ccccc3C(=O)[C@]2(OCC(Cl)(Cl)Cl)O[C@@H]1C(=O)OC. The quantitative estimate of drug-likeness (QED) is 0.530. The second-order valence-corrected chi connectivity index (χ2v) is 8.21. The van der Waals surface area contributed by atoms with Gasteiger partial charge in [0, 0.05) is 11.1 Å². The van der Waals surface area contributed by atoms with Gasteiger partial charge in [-0.25, -0.2) is 9.59 Å². The van der Waals surface area contributed by atoms with Gasteiger partial charge in [-0.05, 0) is 5.56 Å². The molecule has 27 heavy (non-hydrogen) atoms. The molecule has 144 valence electrons. The number of ether oxygens (including phenoxy) is 4. The minimum Gasteiger partial charge on any atom is -0.467 e. The number of carbonyl (C=O) groups excluding carboxylic acids is 3. The highest BCUT2D eigenvalue weighted by Gasteiger charge is 2.63. The fourth-order valence-corrected chi connectivity index (χ4v) is 3.27. The molecule has 3 rings (SSSR count). The Morgan fingerprint density at radius 1 is 1.15 bits per heavy atom. The lowest BCUT2D eigenvalue weighted by Crippen LogP contribution is -2.43. The maximum absolute atomic E-state index is 13.1. The molecule has 0 radical (unpaired) electrons. The first-order valence-corrected chi connectivity index (χ1v) is 8.73. The zero-order valence-corrected chi connectivity index (χ0v) is 16.4. The molecule has 0 bridgehead atoms. The van der Waals surface area contributed by atoms with Crippen molar-refractivity contribution in [2.45, 2.75) is 15.7 Å². The van der Waals surface area contributed by atoms with Crippen LogP contribution in [0, 0.1) is 0 Å². The van der Waals surface area contributed by atoms with E-state index in [0.717, 1.165) is 14.2 Å². The number of alkyl halides is 3. The first-order valence-electron chi connectivity index (χ1n) is 7.59. The molecule has 1 aromatic carbocycles. The van der Waals surface area contributed by atoms with Gasteiger partial charge in [0.1, 0.15) is 0 Å². The van der Waals surface area contributed by atoms with Crippen molar-refractivity contribution in [1.29, 1.82) is 0 Å². The van der Waals surface area contributed by atoms with Crippen LogP contribution in [0.1, 0.15) is 15.9 Å². The first-order chi connectivity index (χ1) is 12.7. The van der Waals surface area contributed by atoms with Crippen LogP contribution in [0.15, 0.2) is 29.8 Å². The largest absolute Gasteiger partial charge is 0.467 e. The molecule has 0 saturated carbocycles. The number of ketones is 1. The van der Waals surface area contributed by atoms with Crippen LogP contribution in [0.2, 0.25) is 0 Å². The maximum Gasteiger partial charge on any atom is 0.340 e. The maximum atomic E-state index is 13.1. The van der Waals surface area contributed by atoms with E-state index >= 15 is 0 Å². The average Bonchev–Trinajstić information content (AvgIpc) is 3.10. The third kappa shape index (κ3) is 3.23. The Balaban J connectivity index is 2.25. The van der Waals surface area contributed by atoms with E-state index in [9.17, 15) is 14.4 Å². The molecule has 2 atom stereocenters. The molecule has 0 unspecified atom stereocenters. The molecule has 1 aliphatic carbocycles. The number of rotatable bonds is 4. The van der Waals surface area contributed by atoms with Crippen LogP contribution in [0.5, 0.6) is 0 Å². The smallest absolute Gasteiger partial charge is 0.340 e. The lowest BCUT2D eigenvalue weighted by Gasteiger charge is -2.27. The standard InChI is InChI=1S/C17H13Cl3O7/c1-24-14(22)10-11-8-5-3-4-6-9(8)13(21)17(11,26-7-16(18,19)20)27-12(10)15(23)25-2/h3-6,12H,7H2,1-2H3/t12-,17+/m0/s1. The summed E-state index contributed by atoms with van der Waals surface area (Å²) < 4.78 is 18.8. The minimum absolute atomic E-state index is 0.0413. The summed E-state index contributed by atoms with van der Waals surface area (Å²) in [7, 11) is 2.25. The van der Waals surface area contributed by atoms with Gasteiger partial charge in [-0.3, -0.25) is 4.79 Å². The van der Waals surface area contributed by atoms with Crippen molar-refractivity contribution in [1.82, 2.24) is 0 Å². The summed E-state index contributed by atoms with van der Waals surface area (Å²) >= 11 is 17.2. The average molecular weight is 436 g/mol. The summed E-state index contributed by atoms with van der Waals surface area (Å²) in [6, 6.07) is 6.42. The second kappa shape index (κ2) is 7.07. The van der Waals surface area contributed by atoms with Crippen molar-refractivity contribution < 1.29 is 33.3 Å². The Hall–Kier alpha value is -1.64.